The minimum absolute atomic E-state index is 0.700. The van der Waals surface area contributed by atoms with Gasteiger partial charge in [0.25, 0.3) is 0 Å². The lowest BCUT2D eigenvalue weighted by Crippen LogP contribution is -2.41. The van der Waals surface area contributed by atoms with Crippen LogP contribution in [0, 0.1) is 0 Å². The number of rotatable bonds is 10. The predicted octanol–water partition coefficient (Wildman–Crippen LogP) is 6.54. The molecule has 112 valence electrons. The summed E-state index contributed by atoms with van der Waals surface area (Å²) in [5.41, 5.74) is 0. The van der Waals surface area contributed by atoms with Crippen LogP contribution < -0.4 is 0 Å². The third-order valence-electron chi connectivity index (χ3n) is 2.73. The van der Waals surface area contributed by atoms with Crippen LogP contribution in [0.3, 0.4) is 0 Å². The van der Waals surface area contributed by atoms with E-state index >= 15 is 0 Å². The van der Waals surface area contributed by atoms with Gasteiger partial charge in [-0.2, -0.15) is 0 Å². The van der Waals surface area contributed by atoms with Crippen LogP contribution in [-0.4, -0.2) is 21.8 Å². The van der Waals surface area contributed by atoms with E-state index in [1.54, 1.807) is 0 Å². The Hall–Kier alpha value is 1.54. The highest BCUT2D eigenvalue weighted by atomic mass is 79.9. The molecule has 0 aliphatic heterocycles. The lowest BCUT2D eigenvalue weighted by Gasteiger charge is -2.28. The second-order valence-corrected chi connectivity index (χ2v) is 10.7. The summed E-state index contributed by atoms with van der Waals surface area (Å²) in [6.45, 7) is 5.71. The van der Waals surface area contributed by atoms with E-state index in [1.165, 1.54) is 0 Å². The van der Waals surface area contributed by atoms with Gasteiger partial charge in [-0.3, -0.25) is 0 Å². The van der Waals surface area contributed by atoms with Crippen LogP contribution in [0.15, 0.2) is 18.9 Å². The minimum Gasteiger partial charge on any atom is -0.394 e. The first-order valence-corrected chi connectivity index (χ1v) is 11.9. The van der Waals surface area contributed by atoms with Crippen molar-refractivity contribution in [2.24, 2.45) is 0 Å². The van der Waals surface area contributed by atoms with Crippen LogP contribution >= 0.6 is 63.7 Å². The van der Waals surface area contributed by atoms with E-state index in [1.807, 2.05) is 9.97 Å². The standard InChI is InChI=1S/C12H20Br4O2Si/c1-3-19(4-2,17-7-5-11(15)9-13)18-8-6-12(16)10-14/h9-10H,3-8H2,1-2H3. The van der Waals surface area contributed by atoms with E-state index in [2.05, 4.69) is 77.6 Å². The first kappa shape index (κ1) is 20.5. The van der Waals surface area contributed by atoms with Crippen molar-refractivity contribution < 1.29 is 8.85 Å². The zero-order valence-electron chi connectivity index (χ0n) is 11.2. The summed E-state index contributed by atoms with van der Waals surface area (Å²) in [7, 11) is -2.03. The van der Waals surface area contributed by atoms with Crippen molar-refractivity contribution in [1.82, 2.24) is 0 Å². The molecule has 19 heavy (non-hydrogen) atoms. The molecule has 0 aromatic heterocycles. The molecule has 0 radical (unpaired) electrons. The highest BCUT2D eigenvalue weighted by Gasteiger charge is 2.33. The Bertz CT molecular complexity index is 278. The second-order valence-electron chi connectivity index (χ2n) is 3.93. The smallest absolute Gasteiger partial charge is 0.337 e. The number of hydrogen-bond acceptors (Lipinski definition) is 2. The Kier molecular flexibility index (Phi) is 13.1. The van der Waals surface area contributed by atoms with Crippen LogP contribution in [0.4, 0.5) is 0 Å². The van der Waals surface area contributed by atoms with Gasteiger partial charge in [-0.1, -0.05) is 77.6 Å². The Labute approximate surface area is 151 Å². The lowest BCUT2D eigenvalue weighted by atomic mass is 10.5. The first-order chi connectivity index (χ1) is 9.03. The number of hydrogen-bond donors (Lipinski definition) is 0. The fourth-order valence-corrected chi connectivity index (χ4v) is 4.61. The topological polar surface area (TPSA) is 18.5 Å². The van der Waals surface area contributed by atoms with Gasteiger partial charge < -0.3 is 8.85 Å². The quantitative estimate of drug-likeness (QED) is 0.291. The fraction of sp³-hybridized carbons (Fsp3) is 0.667. The molecule has 0 aliphatic rings. The molecular weight excluding hydrogens is 524 g/mol. The highest BCUT2D eigenvalue weighted by molar-refractivity contribution is 9.14. The van der Waals surface area contributed by atoms with Crippen molar-refractivity contribution in [3.8, 4) is 0 Å². The SMILES string of the molecule is CC[Si](CC)(OCCC(Br)=CBr)OCCC(Br)=CBr. The molecule has 0 saturated heterocycles. The molecule has 0 atom stereocenters. The molecular formula is C12H20Br4O2Si. The van der Waals surface area contributed by atoms with Gasteiger partial charge >= 0.3 is 8.56 Å². The van der Waals surface area contributed by atoms with Gasteiger partial charge in [0.15, 0.2) is 0 Å². The van der Waals surface area contributed by atoms with Crippen LogP contribution in [0.25, 0.3) is 0 Å². The van der Waals surface area contributed by atoms with Crippen LogP contribution in [0.1, 0.15) is 26.7 Å². The van der Waals surface area contributed by atoms with Crippen LogP contribution in [0.2, 0.25) is 12.1 Å². The van der Waals surface area contributed by atoms with E-state index in [0.29, 0.717) is 13.2 Å². The van der Waals surface area contributed by atoms with Gasteiger partial charge in [0.2, 0.25) is 0 Å². The fourth-order valence-electron chi connectivity index (χ4n) is 1.48. The normalized spacial score (nSPS) is 14.0. The van der Waals surface area contributed by atoms with Gasteiger partial charge in [0.1, 0.15) is 0 Å². The Balaban J connectivity index is 4.25. The summed E-state index contributed by atoms with van der Waals surface area (Å²) in [6.07, 6.45) is 1.74. The van der Waals surface area contributed by atoms with E-state index in [4.69, 9.17) is 8.85 Å². The van der Waals surface area contributed by atoms with E-state index < -0.39 is 8.56 Å². The molecule has 2 nitrogen and oxygen atoms in total. The summed E-state index contributed by atoms with van der Waals surface area (Å²) < 4.78 is 14.4. The maximum atomic E-state index is 6.09. The van der Waals surface area contributed by atoms with Crippen molar-refractivity contribution in [2.45, 2.75) is 38.8 Å². The maximum Gasteiger partial charge on any atom is 0.337 e. The Morgan fingerprint density at radius 2 is 1.26 bits per heavy atom. The molecule has 0 rings (SSSR count). The zero-order chi connectivity index (χ0) is 14.7. The van der Waals surface area contributed by atoms with Gasteiger partial charge in [0.05, 0.1) is 0 Å². The molecule has 0 bridgehead atoms. The minimum atomic E-state index is -2.03. The Morgan fingerprint density at radius 1 is 0.895 bits per heavy atom. The average molecular weight is 544 g/mol. The van der Waals surface area contributed by atoms with Gasteiger partial charge in [0, 0.05) is 35.0 Å². The summed E-state index contributed by atoms with van der Waals surface area (Å²) in [5, 5.41) is 0. The highest BCUT2D eigenvalue weighted by Crippen LogP contribution is 2.22. The van der Waals surface area contributed by atoms with Crippen molar-refractivity contribution in [3.63, 3.8) is 0 Å². The molecule has 0 heterocycles. The summed E-state index contributed by atoms with van der Waals surface area (Å²) in [4.78, 5) is 3.74. The second kappa shape index (κ2) is 12.1. The lowest BCUT2D eigenvalue weighted by molar-refractivity contribution is 0.173. The maximum absolute atomic E-state index is 6.09. The molecule has 0 aliphatic carbocycles. The molecule has 0 N–H and O–H groups in total. The van der Waals surface area contributed by atoms with Crippen molar-refractivity contribution in [1.29, 1.82) is 0 Å². The van der Waals surface area contributed by atoms with Crippen molar-refractivity contribution in [3.05, 3.63) is 18.9 Å². The molecule has 0 unspecified atom stereocenters. The zero-order valence-corrected chi connectivity index (χ0v) is 18.6. The monoisotopic (exact) mass is 540 g/mol. The van der Waals surface area contributed by atoms with Crippen molar-refractivity contribution >= 4 is 72.3 Å². The number of halogens is 4. The van der Waals surface area contributed by atoms with E-state index in [-0.39, 0.29) is 0 Å². The average Bonchev–Trinajstić information content (AvgIpc) is 2.45. The van der Waals surface area contributed by atoms with Crippen LogP contribution in [-0.2, 0) is 8.85 Å². The molecule has 0 aromatic rings. The molecule has 0 aromatic carbocycles. The first-order valence-electron chi connectivity index (χ1n) is 6.21. The summed E-state index contributed by atoms with van der Waals surface area (Å²) in [5.74, 6) is 0. The molecule has 7 heteroatoms. The van der Waals surface area contributed by atoms with Gasteiger partial charge in [-0.15, -0.1) is 0 Å². The van der Waals surface area contributed by atoms with Crippen molar-refractivity contribution in [2.75, 3.05) is 13.2 Å². The molecule has 0 amide bonds. The van der Waals surface area contributed by atoms with Crippen LogP contribution in [0.5, 0.6) is 0 Å². The third kappa shape index (κ3) is 9.21. The largest absolute Gasteiger partial charge is 0.394 e. The molecule has 0 spiro atoms. The Morgan fingerprint density at radius 3 is 1.53 bits per heavy atom. The van der Waals surface area contributed by atoms with Gasteiger partial charge in [-0.05, 0) is 22.1 Å². The van der Waals surface area contributed by atoms with E-state index in [0.717, 1.165) is 33.9 Å². The molecule has 0 saturated carbocycles. The summed E-state index contributed by atoms with van der Waals surface area (Å²) >= 11 is 13.5. The molecule has 0 fully saturated rings. The third-order valence-corrected chi connectivity index (χ3v) is 9.93. The van der Waals surface area contributed by atoms with E-state index in [9.17, 15) is 0 Å². The predicted molar refractivity (Wildman–Crippen MR) is 99.7 cm³/mol. The van der Waals surface area contributed by atoms with Gasteiger partial charge in [-0.25, -0.2) is 0 Å². The summed E-state index contributed by atoms with van der Waals surface area (Å²) in [6, 6.07) is 1.96.